The van der Waals surface area contributed by atoms with E-state index in [2.05, 4.69) is 30.6 Å². The molecule has 2 aliphatic rings. The summed E-state index contributed by atoms with van der Waals surface area (Å²) in [6.07, 6.45) is 0. The van der Waals surface area contributed by atoms with Gasteiger partial charge in [-0.05, 0) is 88.8 Å². The van der Waals surface area contributed by atoms with Crippen molar-refractivity contribution >= 4 is 28.4 Å². The molecule has 7 aromatic rings. The normalized spacial score (nSPS) is 12.9. The number of anilines is 5. The van der Waals surface area contributed by atoms with Crippen LogP contribution >= 0.6 is 0 Å². The van der Waals surface area contributed by atoms with Gasteiger partial charge in [0.05, 0.1) is 28.4 Å². The Hall–Kier alpha value is -6.40. The second-order valence-corrected chi connectivity index (χ2v) is 14.4. The summed E-state index contributed by atoms with van der Waals surface area (Å²) in [5.74, 6) is 2.10. The molecule has 0 aromatic heterocycles. The molecule has 0 aliphatic carbocycles. The van der Waals surface area contributed by atoms with E-state index in [-0.39, 0.29) is 11.6 Å². The third kappa shape index (κ3) is 5.49. The molecular formula is C47H36F2N2O2. The van der Waals surface area contributed by atoms with Gasteiger partial charge in [0, 0.05) is 23.2 Å². The molecule has 0 atom stereocenters. The Kier molecular flexibility index (Phi) is 7.77. The molecule has 0 spiro atoms. The SMILES string of the molecule is CC(C)(C)c1c(CN2c3ccccc3Oc3ccccc32)c(-c2ccccc2F)cc(-c2ccccc2F)c1N1c2ccccc2Oc2ccccc21. The maximum atomic E-state index is 16.3. The number of hydrogen-bond donors (Lipinski definition) is 0. The van der Waals surface area contributed by atoms with Crippen molar-refractivity contribution in [1.29, 1.82) is 0 Å². The molecule has 0 bridgehead atoms. The third-order valence-electron chi connectivity index (χ3n) is 9.99. The Labute approximate surface area is 308 Å². The zero-order valence-corrected chi connectivity index (χ0v) is 29.6. The Morgan fingerprint density at radius 3 is 1.34 bits per heavy atom. The van der Waals surface area contributed by atoms with Gasteiger partial charge in [0.15, 0.2) is 23.0 Å². The first-order valence-corrected chi connectivity index (χ1v) is 17.8. The highest BCUT2D eigenvalue weighted by atomic mass is 19.1. The predicted octanol–water partition coefficient (Wildman–Crippen LogP) is 13.6. The van der Waals surface area contributed by atoms with Gasteiger partial charge in [-0.15, -0.1) is 0 Å². The summed E-state index contributed by atoms with van der Waals surface area (Å²) in [5.41, 5.74) is 7.73. The van der Waals surface area contributed by atoms with E-state index in [4.69, 9.17) is 9.47 Å². The molecule has 7 aromatic carbocycles. The summed E-state index contributed by atoms with van der Waals surface area (Å²) in [5, 5.41) is 0. The lowest BCUT2D eigenvalue weighted by Crippen LogP contribution is -2.28. The summed E-state index contributed by atoms with van der Waals surface area (Å²) in [6, 6.07) is 47.5. The second-order valence-electron chi connectivity index (χ2n) is 14.4. The van der Waals surface area contributed by atoms with E-state index >= 15 is 8.78 Å². The Balaban J connectivity index is 1.44. The third-order valence-corrected chi connectivity index (χ3v) is 9.99. The Morgan fingerprint density at radius 1 is 0.472 bits per heavy atom. The van der Waals surface area contributed by atoms with Crippen molar-refractivity contribution in [1.82, 2.24) is 0 Å². The zero-order valence-electron chi connectivity index (χ0n) is 29.6. The Morgan fingerprint density at radius 2 is 0.868 bits per heavy atom. The molecule has 4 nitrogen and oxygen atoms in total. The number of rotatable bonds is 5. The molecule has 0 N–H and O–H groups in total. The lowest BCUT2D eigenvalue weighted by molar-refractivity contribution is 0.472. The van der Waals surface area contributed by atoms with Crippen molar-refractivity contribution in [3.05, 3.63) is 174 Å². The van der Waals surface area contributed by atoms with Gasteiger partial charge in [-0.3, -0.25) is 0 Å². The molecule has 2 heterocycles. The van der Waals surface area contributed by atoms with Gasteiger partial charge in [-0.25, -0.2) is 8.78 Å². The van der Waals surface area contributed by atoms with Crippen LogP contribution < -0.4 is 19.3 Å². The molecular weight excluding hydrogens is 663 g/mol. The van der Waals surface area contributed by atoms with Crippen LogP contribution in [0.4, 0.5) is 37.2 Å². The maximum Gasteiger partial charge on any atom is 0.151 e. The number of hydrogen-bond acceptors (Lipinski definition) is 4. The minimum absolute atomic E-state index is 0.356. The predicted molar refractivity (Wildman–Crippen MR) is 209 cm³/mol. The largest absolute Gasteiger partial charge is 0.453 e. The van der Waals surface area contributed by atoms with Crippen LogP contribution in [0.2, 0.25) is 0 Å². The van der Waals surface area contributed by atoms with Crippen LogP contribution in [0.15, 0.2) is 152 Å². The number of ether oxygens (including phenoxy) is 2. The first kappa shape index (κ1) is 32.5. The van der Waals surface area contributed by atoms with Crippen LogP contribution in [-0.4, -0.2) is 0 Å². The second kappa shape index (κ2) is 12.7. The fourth-order valence-corrected chi connectivity index (χ4v) is 7.78. The van der Waals surface area contributed by atoms with Gasteiger partial charge in [0.25, 0.3) is 0 Å². The fraction of sp³-hybridized carbons (Fsp3) is 0.106. The molecule has 53 heavy (non-hydrogen) atoms. The highest BCUT2D eigenvalue weighted by molar-refractivity contribution is 5.98. The number of fused-ring (bicyclic) bond motifs is 4. The molecule has 0 radical (unpaired) electrons. The van der Waals surface area contributed by atoms with Crippen LogP contribution in [0.25, 0.3) is 22.3 Å². The molecule has 260 valence electrons. The molecule has 2 aliphatic heterocycles. The molecule has 6 heteroatoms. The quantitative estimate of drug-likeness (QED) is 0.179. The average Bonchev–Trinajstić information content (AvgIpc) is 3.16. The van der Waals surface area contributed by atoms with Gasteiger partial charge in [-0.1, -0.05) is 106 Å². The molecule has 0 saturated carbocycles. The highest BCUT2D eigenvalue weighted by Gasteiger charge is 2.37. The van der Waals surface area contributed by atoms with Gasteiger partial charge in [-0.2, -0.15) is 0 Å². The summed E-state index contributed by atoms with van der Waals surface area (Å²) < 4.78 is 45.5. The zero-order chi connectivity index (χ0) is 36.3. The minimum atomic E-state index is -0.542. The van der Waals surface area contributed by atoms with Gasteiger partial charge < -0.3 is 19.3 Å². The molecule has 0 fully saturated rings. The first-order chi connectivity index (χ1) is 25.8. The van der Waals surface area contributed by atoms with Crippen LogP contribution in [0.3, 0.4) is 0 Å². The van der Waals surface area contributed by atoms with E-state index in [0.717, 1.165) is 51.1 Å². The minimum Gasteiger partial charge on any atom is -0.453 e. The summed E-state index contributed by atoms with van der Waals surface area (Å²) in [6.45, 7) is 6.88. The summed E-state index contributed by atoms with van der Waals surface area (Å²) >= 11 is 0. The fourth-order valence-electron chi connectivity index (χ4n) is 7.78. The van der Waals surface area contributed by atoms with E-state index in [1.807, 2.05) is 121 Å². The van der Waals surface area contributed by atoms with E-state index < -0.39 is 5.41 Å². The van der Waals surface area contributed by atoms with E-state index in [1.54, 1.807) is 18.2 Å². The van der Waals surface area contributed by atoms with Gasteiger partial charge >= 0.3 is 0 Å². The highest BCUT2D eigenvalue weighted by Crippen LogP contribution is 2.57. The Bertz CT molecular complexity index is 2450. The summed E-state index contributed by atoms with van der Waals surface area (Å²) in [7, 11) is 0. The van der Waals surface area contributed by atoms with Crippen LogP contribution in [0.1, 0.15) is 31.9 Å². The van der Waals surface area contributed by atoms with Crippen molar-refractivity contribution in [3.8, 4) is 45.3 Å². The van der Waals surface area contributed by atoms with E-state index in [9.17, 15) is 0 Å². The number of benzene rings is 7. The monoisotopic (exact) mass is 698 g/mol. The number of nitrogens with zero attached hydrogens (tertiary/aromatic N) is 2. The van der Waals surface area contributed by atoms with Crippen molar-refractivity contribution in [2.75, 3.05) is 9.80 Å². The van der Waals surface area contributed by atoms with E-state index in [0.29, 0.717) is 40.3 Å². The maximum absolute atomic E-state index is 16.3. The smallest absolute Gasteiger partial charge is 0.151 e. The number of halogens is 2. The number of para-hydroxylation sites is 8. The van der Waals surface area contributed by atoms with Crippen molar-refractivity contribution in [2.24, 2.45) is 0 Å². The standard InChI is InChI=1S/C47H36F2N2O2/c1-47(2,3)45-34(29-50-37-20-8-12-24-41(37)52-42-25-13-9-21-38(42)50)32(30-16-4-6-18-35(30)48)28-33(31-17-5-7-19-36(31)49)46(45)51-39-22-10-14-26-43(39)53-44-27-15-11-23-40(44)51/h4-28H,29H2,1-3H3. The van der Waals surface area contributed by atoms with Crippen LogP contribution in [-0.2, 0) is 12.0 Å². The lowest BCUT2D eigenvalue weighted by atomic mass is 9.76. The molecule has 0 saturated heterocycles. The first-order valence-electron chi connectivity index (χ1n) is 17.8. The average molecular weight is 699 g/mol. The van der Waals surface area contributed by atoms with Crippen molar-refractivity contribution in [2.45, 2.75) is 32.7 Å². The molecule has 9 rings (SSSR count). The van der Waals surface area contributed by atoms with Crippen molar-refractivity contribution < 1.29 is 18.3 Å². The van der Waals surface area contributed by atoms with Gasteiger partial charge in [0.1, 0.15) is 11.6 Å². The molecule has 0 unspecified atom stereocenters. The molecule has 0 amide bonds. The van der Waals surface area contributed by atoms with Crippen molar-refractivity contribution in [3.63, 3.8) is 0 Å². The van der Waals surface area contributed by atoms with E-state index in [1.165, 1.54) is 12.1 Å². The topological polar surface area (TPSA) is 24.9 Å². The van der Waals surface area contributed by atoms with Crippen LogP contribution in [0.5, 0.6) is 23.0 Å². The lowest BCUT2D eigenvalue weighted by Gasteiger charge is -2.41. The van der Waals surface area contributed by atoms with Crippen LogP contribution in [0, 0.1) is 11.6 Å². The summed E-state index contributed by atoms with van der Waals surface area (Å²) in [4.78, 5) is 4.45. The van der Waals surface area contributed by atoms with Gasteiger partial charge in [0.2, 0.25) is 0 Å².